The van der Waals surface area contributed by atoms with Gasteiger partial charge in [0.05, 0.1) is 5.60 Å². The van der Waals surface area contributed by atoms with Gasteiger partial charge in [0.1, 0.15) is 5.75 Å². The van der Waals surface area contributed by atoms with Crippen LogP contribution in [0.2, 0.25) is 0 Å². The second kappa shape index (κ2) is 5.74. The van der Waals surface area contributed by atoms with Gasteiger partial charge < -0.3 is 10.2 Å². The third-order valence-electron chi connectivity index (χ3n) is 7.30. The van der Waals surface area contributed by atoms with Gasteiger partial charge in [-0.2, -0.15) is 0 Å². The number of aromatic hydroxyl groups is 1. The Bertz CT molecular complexity index is 622. The maximum absolute atomic E-state index is 11.7. The number of aliphatic hydroxyl groups is 1. The number of hydrogen-bond donors (Lipinski definition) is 2. The molecule has 1 aromatic rings. The van der Waals surface area contributed by atoms with Gasteiger partial charge in [0.2, 0.25) is 0 Å². The smallest absolute Gasteiger partial charge is 0.115 e. The van der Waals surface area contributed by atoms with Crippen molar-refractivity contribution in [2.75, 3.05) is 13.1 Å². The Hall–Kier alpha value is -1.06. The van der Waals surface area contributed by atoms with Crippen molar-refractivity contribution in [2.24, 2.45) is 5.92 Å². The van der Waals surface area contributed by atoms with Crippen molar-refractivity contribution >= 4 is 0 Å². The van der Waals surface area contributed by atoms with Crippen molar-refractivity contribution in [1.29, 1.82) is 0 Å². The molecule has 0 spiro atoms. The fourth-order valence-electron chi connectivity index (χ4n) is 5.71. The van der Waals surface area contributed by atoms with E-state index in [0.29, 0.717) is 5.75 Å². The van der Waals surface area contributed by atoms with E-state index in [2.05, 4.69) is 24.8 Å². The van der Waals surface area contributed by atoms with Crippen LogP contribution in [0.4, 0.5) is 0 Å². The highest BCUT2D eigenvalue weighted by Crippen LogP contribution is 2.54. The van der Waals surface area contributed by atoms with E-state index in [0.717, 1.165) is 44.7 Å². The van der Waals surface area contributed by atoms with Gasteiger partial charge >= 0.3 is 0 Å². The van der Waals surface area contributed by atoms with Crippen LogP contribution in [0.15, 0.2) is 18.2 Å². The van der Waals surface area contributed by atoms with Crippen LogP contribution >= 0.6 is 0 Å². The molecule has 1 aromatic carbocycles. The van der Waals surface area contributed by atoms with Gasteiger partial charge in [-0.25, -0.2) is 0 Å². The standard InChI is InChI=1S/C21H31NO2/c1-3-9-21-10-11-22(14-15-5-4-6-15)19(20(21,2)24)12-16-7-8-17(23)13-18(16)21/h7-8,13,15,19,23-24H,3-6,9-12,14H2,1-2H3/t19-,20-,21+/m1/s1. The molecular formula is C21H31NO2. The Labute approximate surface area is 145 Å². The van der Waals surface area contributed by atoms with Crippen LogP contribution in [0.25, 0.3) is 0 Å². The van der Waals surface area contributed by atoms with Crippen molar-refractivity contribution in [2.45, 2.75) is 75.9 Å². The molecule has 24 heavy (non-hydrogen) atoms. The average Bonchev–Trinajstić information content (AvgIpc) is 2.48. The molecule has 2 fully saturated rings. The van der Waals surface area contributed by atoms with Crippen molar-refractivity contribution < 1.29 is 10.2 Å². The Kier molecular flexibility index (Phi) is 3.92. The summed E-state index contributed by atoms with van der Waals surface area (Å²) in [6, 6.07) is 6.03. The third kappa shape index (κ3) is 2.24. The van der Waals surface area contributed by atoms with Crippen molar-refractivity contribution in [1.82, 2.24) is 4.90 Å². The number of phenolic OH excluding ortho intramolecular Hbond substituents is 1. The van der Waals surface area contributed by atoms with Crippen LogP contribution in [-0.2, 0) is 11.8 Å². The molecule has 1 saturated heterocycles. The van der Waals surface area contributed by atoms with E-state index < -0.39 is 5.60 Å². The van der Waals surface area contributed by atoms with Gasteiger partial charge in [-0.05, 0) is 74.8 Å². The fourth-order valence-corrected chi connectivity index (χ4v) is 5.71. The van der Waals surface area contributed by atoms with Crippen LogP contribution in [0.5, 0.6) is 5.75 Å². The molecule has 3 atom stereocenters. The van der Waals surface area contributed by atoms with Gasteiger partial charge in [-0.15, -0.1) is 0 Å². The predicted molar refractivity (Wildman–Crippen MR) is 96.3 cm³/mol. The molecule has 2 aliphatic carbocycles. The van der Waals surface area contributed by atoms with Crippen LogP contribution in [0, 0.1) is 5.92 Å². The highest BCUT2D eigenvalue weighted by atomic mass is 16.3. The molecule has 1 heterocycles. The zero-order chi connectivity index (χ0) is 16.9. The second-order valence-electron chi connectivity index (χ2n) is 8.58. The number of rotatable bonds is 4. The summed E-state index contributed by atoms with van der Waals surface area (Å²) in [5.74, 6) is 1.16. The largest absolute Gasteiger partial charge is 0.508 e. The Morgan fingerprint density at radius 2 is 2.08 bits per heavy atom. The van der Waals surface area contributed by atoms with E-state index in [4.69, 9.17) is 0 Å². The summed E-state index contributed by atoms with van der Waals surface area (Å²) >= 11 is 0. The Morgan fingerprint density at radius 3 is 2.75 bits per heavy atom. The van der Waals surface area contributed by atoms with Gasteiger partial charge in [0.25, 0.3) is 0 Å². The summed E-state index contributed by atoms with van der Waals surface area (Å²) in [7, 11) is 0. The van der Waals surface area contributed by atoms with E-state index in [9.17, 15) is 10.2 Å². The van der Waals surface area contributed by atoms with E-state index in [1.165, 1.54) is 30.4 Å². The number of nitrogens with zero attached hydrogens (tertiary/aromatic N) is 1. The maximum Gasteiger partial charge on any atom is 0.115 e. The van der Waals surface area contributed by atoms with Gasteiger partial charge in [-0.3, -0.25) is 4.90 Å². The van der Waals surface area contributed by atoms with Gasteiger partial charge in [-0.1, -0.05) is 25.8 Å². The highest BCUT2D eigenvalue weighted by molar-refractivity contribution is 5.47. The lowest BCUT2D eigenvalue weighted by Crippen LogP contribution is -2.70. The summed E-state index contributed by atoms with van der Waals surface area (Å²) in [4.78, 5) is 2.58. The number of likely N-dealkylation sites (tertiary alicyclic amines) is 1. The first-order chi connectivity index (χ1) is 11.5. The molecule has 0 radical (unpaired) electrons. The Morgan fingerprint density at radius 1 is 1.29 bits per heavy atom. The molecule has 132 valence electrons. The van der Waals surface area contributed by atoms with Crippen LogP contribution in [0.1, 0.15) is 63.5 Å². The minimum atomic E-state index is -0.730. The number of hydrogen-bond acceptors (Lipinski definition) is 3. The highest BCUT2D eigenvalue weighted by Gasteiger charge is 2.59. The first-order valence-corrected chi connectivity index (χ1v) is 9.77. The molecule has 0 unspecified atom stereocenters. The van der Waals surface area contributed by atoms with Gasteiger partial charge in [0.15, 0.2) is 0 Å². The average molecular weight is 329 g/mol. The topological polar surface area (TPSA) is 43.7 Å². The zero-order valence-corrected chi connectivity index (χ0v) is 15.1. The van der Waals surface area contributed by atoms with E-state index in [1.807, 2.05) is 12.1 Å². The summed E-state index contributed by atoms with van der Waals surface area (Å²) in [6.07, 6.45) is 8.03. The molecule has 3 aliphatic rings. The van der Waals surface area contributed by atoms with Crippen LogP contribution in [0.3, 0.4) is 0 Å². The van der Waals surface area contributed by atoms with Crippen molar-refractivity contribution in [3.05, 3.63) is 29.3 Å². The molecule has 0 amide bonds. The normalized spacial score (nSPS) is 36.2. The first-order valence-electron chi connectivity index (χ1n) is 9.77. The van der Waals surface area contributed by atoms with Crippen molar-refractivity contribution in [3.8, 4) is 5.75 Å². The number of benzene rings is 1. The first kappa shape index (κ1) is 16.4. The molecule has 2 N–H and O–H groups in total. The number of fused-ring (bicyclic) bond motifs is 4. The van der Waals surface area contributed by atoms with Crippen molar-refractivity contribution in [3.63, 3.8) is 0 Å². The van der Waals surface area contributed by atoms with Crippen LogP contribution < -0.4 is 0 Å². The van der Waals surface area contributed by atoms with Crippen LogP contribution in [-0.4, -0.2) is 39.8 Å². The quantitative estimate of drug-likeness (QED) is 0.887. The molecule has 3 nitrogen and oxygen atoms in total. The summed E-state index contributed by atoms with van der Waals surface area (Å²) in [6.45, 7) is 6.49. The monoisotopic (exact) mass is 329 g/mol. The van der Waals surface area contributed by atoms with E-state index >= 15 is 0 Å². The lowest BCUT2D eigenvalue weighted by Gasteiger charge is -2.61. The molecule has 3 heteroatoms. The SMILES string of the molecule is CCC[C@]12CCN(CC3CCC3)[C@H](Cc3ccc(O)cc31)[C@@]2(C)O. The minimum absolute atomic E-state index is 0.204. The summed E-state index contributed by atoms with van der Waals surface area (Å²) in [5.41, 5.74) is 1.59. The minimum Gasteiger partial charge on any atom is -0.508 e. The molecule has 0 aromatic heterocycles. The number of piperidine rings is 1. The fraction of sp³-hybridized carbons (Fsp3) is 0.714. The van der Waals surface area contributed by atoms with Gasteiger partial charge in [0, 0.05) is 18.0 Å². The second-order valence-corrected chi connectivity index (χ2v) is 8.58. The maximum atomic E-state index is 11.7. The lowest BCUT2D eigenvalue weighted by molar-refractivity contribution is -0.141. The lowest BCUT2D eigenvalue weighted by atomic mass is 9.53. The zero-order valence-electron chi connectivity index (χ0n) is 15.1. The summed E-state index contributed by atoms with van der Waals surface area (Å²) < 4.78 is 0. The molecule has 1 saturated carbocycles. The number of phenols is 1. The summed E-state index contributed by atoms with van der Waals surface area (Å²) in [5, 5.41) is 21.8. The predicted octanol–water partition coefficient (Wildman–Crippen LogP) is 3.61. The third-order valence-corrected chi connectivity index (χ3v) is 7.30. The van der Waals surface area contributed by atoms with E-state index in [1.54, 1.807) is 0 Å². The molecule has 4 rings (SSSR count). The molecule has 2 bridgehead atoms. The molecular weight excluding hydrogens is 298 g/mol. The van der Waals surface area contributed by atoms with E-state index in [-0.39, 0.29) is 11.5 Å². The Balaban J connectivity index is 1.76. The molecule has 1 aliphatic heterocycles.